The molecule has 96 valence electrons. The van der Waals surface area contributed by atoms with E-state index in [4.69, 9.17) is 4.74 Å². The maximum atomic E-state index is 12.0. The minimum atomic E-state index is 0.105. The van der Waals surface area contributed by atoms with E-state index in [0.717, 1.165) is 31.7 Å². The van der Waals surface area contributed by atoms with E-state index in [0.29, 0.717) is 6.61 Å². The zero-order valence-electron chi connectivity index (χ0n) is 10.3. The first-order chi connectivity index (χ1) is 8.83. The van der Waals surface area contributed by atoms with Crippen LogP contribution in [0.15, 0.2) is 24.3 Å². The third-order valence-corrected chi connectivity index (χ3v) is 3.66. The summed E-state index contributed by atoms with van der Waals surface area (Å²) in [5.74, 6) is 1.24. The first-order valence-electron chi connectivity index (χ1n) is 6.55. The predicted octanol–water partition coefficient (Wildman–Crippen LogP) is 0.716. The monoisotopic (exact) mass is 246 g/mol. The first kappa shape index (κ1) is 11.5. The van der Waals surface area contributed by atoms with Crippen molar-refractivity contribution in [3.63, 3.8) is 0 Å². The van der Waals surface area contributed by atoms with Gasteiger partial charge in [0.15, 0.2) is 0 Å². The fourth-order valence-corrected chi connectivity index (χ4v) is 2.62. The van der Waals surface area contributed by atoms with Crippen LogP contribution in [0.3, 0.4) is 0 Å². The molecule has 0 spiro atoms. The molecule has 2 unspecified atom stereocenters. The highest BCUT2D eigenvalue weighted by molar-refractivity contribution is 5.79. The molecule has 4 heteroatoms. The van der Waals surface area contributed by atoms with Gasteiger partial charge in [-0.15, -0.1) is 0 Å². The van der Waals surface area contributed by atoms with Crippen LogP contribution in [0.5, 0.6) is 5.75 Å². The van der Waals surface area contributed by atoms with Gasteiger partial charge >= 0.3 is 0 Å². The maximum absolute atomic E-state index is 12.0. The Kier molecular flexibility index (Phi) is 3.19. The summed E-state index contributed by atoms with van der Waals surface area (Å²) in [6.07, 6.45) is 1.80. The number of nitrogens with one attached hydrogen (secondary N) is 2. The second-order valence-electron chi connectivity index (χ2n) is 5.02. The van der Waals surface area contributed by atoms with Crippen molar-refractivity contribution in [2.24, 2.45) is 5.92 Å². The van der Waals surface area contributed by atoms with Crippen LogP contribution in [0, 0.1) is 5.92 Å². The van der Waals surface area contributed by atoms with Crippen LogP contribution < -0.4 is 15.4 Å². The lowest BCUT2D eigenvalue weighted by Gasteiger charge is -2.26. The number of carbonyl (C=O) groups excluding carboxylic acids is 1. The van der Waals surface area contributed by atoms with Crippen molar-refractivity contribution in [2.45, 2.75) is 18.9 Å². The highest BCUT2D eigenvalue weighted by Gasteiger charge is 2.26. The van der Waals surface area contributed by atoms with Gasteiger partial charge < -0.3 is 15.4 Å². The van der Waals surface area contributed by atoms with Gasteiger partial charge in [-0.25, -0.2) is 0 Å². The summed E-state index contributed by atoms with van der Waals surface area (Å²) in [4.78, 5) is 12.0. The topological polar surface area (TPSA) is 50.4 Å². The summed E-state index contributed by atoms with van der Waals surface area (Å²) < 4.78 is 5.67. The minimum absolute atomic E-state index is 0.105. The summed E-state index contributed by atoms with van der Waals surface area (Å²) in [5, 5.41) is 6.31. The molecule has 0 bridgehead atoms. The number of amides is 1. The zero-order valence-corrected chi connectivity index (χ0v) is 10.3. The van der Waals surface area contributed by atoms with Crippen molar-refractivity contribution in [1.82, 2.24) is 10.6 Å². The van der Waals surface area contributed by atoms with Gasteiger partial charge in [0.05, 0.1) is 12.0 Å². The molecule has 3 rings (SSSR count). The van der Waals surface area contributed by atoms with Crippen molar-refractivity contribution in [3.05, 3.63) is 29.8 Å². The summed E-state index contributed by atoms with van der Waals surface area (Å²) >= 11 is 0. The van der Waals surface area contributed by atoms with Crippen molar-refractivity contribution < 1.29 is 9.53 Å². The lowest BCUT2D eigenvalue weighted by Crippen LogP contribution is -2.45. The first-order valence-corrected chi connectivity index (χ1v) is 6.55. The van der Waals surface area contributed by atoms with Gasteiger partial charge in [-0.1, -0.05) is 18.2 Å². The lowest BCUT2D eigenvalue weighted by atomic mass is 10.0. The van der Waals surface area contributed by atoms with E-state index in [1.54, 1.807) is 0 Å². The molecule has 2 aliphatic heterocycles. The standard InChI is InChI=1S/C14H18N2O2/c17-14(11-5-6-15-8-11)16-12-7-10-3-1-2-4-13(10)18-9-12/h1-4,11-12,15H,5-9H2,(H,16,17). The summed E-state index contributed by atoms with van der Waals surface area (Å²) in [7, 11) is 0. The fourth-order valence-electron chi connectivity index (χ4n) is 2.62. The highest BCUT2D eigenvalue weighted by Crippen LogP contribution is 2.24. The van der Waals surface area contributed by atoms with Crippen LogP contribution in [0.2, 0.25) is 0 Å². The zero-order chi connectivity index (χ0) is 12.4. The Morgan fingerprint density at radius 3 is 3.11 bits per heavy atom. The maximum Gasteiger partial charge on any atom is 0.224 e. The number of hydrogen-bond donors (Lipinski definition) is 2. The van der Waals surface area contributed by atoms with Gasteiger partial charge in [-0.2, -0.15) is 0 Å². The largest absolute Gasteiger partial charge is 0.491 e. The van der Waals surface area contributed by atoms with Crippen LogP contribution in [0.4, 0.5) is 0 Å². The average molecular weight is 246 g/mol. The quantitative estimate of drug-likeness (QED) is 0.808. The van der Waals surface area contributed by atoms with E-state index < -0.39 is 0 Å². The molecule has 1 saturated heterocycles. The molecule has 0 aliphatic carbocycles. The average Bonchev–Trinajstić information content (AvgIpc) is 2.92. The van der Waals surface area contributed by atoms with Gasteiger partial charge in [0.25, 0.3) is 0 Å². The van der Waals surface area contributed by atoms with Gasteiger partial charge in [0.2, 0.25) is 5.91 Å². The van der Waals surface area contributed by atoms with Gasteiger partial charge in [0.1, 0.15) is 12.4 Å². The smallest absolute Gasteiger partial charge is 0.224 e. The molecule has 4 nitrogen and oxygen atoms in total. The van der Waals surface area contributed by atoms with Gasteiger partial charge in [0, 0.05) is 6.54 Å². The van der Waals surface area contributed by atoms with Crippen molar-refractivity contribution >= 4 is 5.91 Å². The van der Waals surface area contributed by atoms with E-state index in [1.165, 1.54) is 5.56 Å². The SMILES string of the molecule is O=C(NC1COc2ccccc2C1)C1CCNC1. The Bertz CT molecular complexity index is 441. The number of hydrogen-bond acceptors (Lipinski definition) is 3. The Balaban J connectivity index is 1.60. The lowest BCUT2D eigenvalue weighted by molar-refractivity contribution is -0.125. The molecule has 1 amide bonds. The molecule has 1 aromatic rings. The fraction of sp³-hybridized carbons (Fsp3) is 0.500. The molecular weight excluding hydrogens is 228 g/mol. The predicted molar refractivity (Wildman–Crippen MR) is 68.5 cm³/mol. The molecule has 18 heavy (non-hydrogen) atoms. The number of fused-ring (bicyclic) bond motifs is 1. The number of carbonyl (C=O) groups is 1. The molecule has 2 heterocycles. The number of para-hydroxylation sites is 1. The second kappa shape index (κ2) is 4.98. The molecule has 0 radical (unpaired) electrons. The molecule has 1 fully saturated rings. The van der Waals surface area contributed by atoms with Gasteiger partial charge in [-0.05, 0) is 31.0 Å². The van der Waals surface area contributed by atoms with E-state index in [-0.39, 0.29) is 17.9 Å². The third kappa shape index (κ3) is 2.34. The summed E-state index contributed by atoms with van der Waals surface area (Å²) in [6, 6.07) is 8.13. The second-order valence-corrected chi connectivity index (χ2v) is 5.02. The Labute approximate surface area is 107 Å². The van der Waals surface area contributed by atoms with Crippen LogP contribution in [0.25, 0.3) is 0 Å². The van der Waals surface area contributed by atoms with Gasteiger partial charge in [-0.3, -0.25) is 4.79 Å². The Morgan fingerprint density at radius 1 is 1.39 bits per heavy atom. The van der Waals surface area contributed by atoms with Crippen molar-refractivity contribution in [1.29, 1.82) is 0 Å². The summed E-state index contributed by atoms with van der Waals surface area (Å²) in [6.45, 7) is 2.32. The number of rotatable bonds is 2. The van der Waals surface area contributed by atoms with E-state index >= 15 is 0 Å². The summed E-state index contributed by atoms with van der Waals surface area (Å²) in [5.41, 5.74) is 1.18. The number of ether oxygens (including phenoxy) is 1. The molecule has 0 aromatic heterocycles. The third-order valence-electron chi connectivity index (χ3n) is 3.66. The normalized spacial score (nSPS) is 26.2. The molecule has 2 aliphatic rings. The van der Waals surface area contributed by atoms with Crippen molar-refractivity contribution in [3.8, 4) is 5.75 Å². The Morgan fingerprint density at radius 2 is 2.28 bits per heavy atom. The van der Waals surface area contributed by atoms with Crippen LogP contribution >= 0.6 is 0 Å². The highest BCUT2D eigenvalue weighted by atomic mass is 16.5. The van der Waals surface area contributed by atoms with E-state index in [1.807, 2.05) is 18.2 Å². The molecule has 2 atom stereocenters. The van der Waals surface area contributed by atoms with Crippen LogP contribution in [-0.2, 0) is 11.2 Å². The molecule has 2 N–H and O–H groups in total. The molecule has 0 saturated carbocycles. The van der Waals surface area contributed by atoms with E-state index in [2.05, 4.69) is 16.7 Å². The van der Waals surface area contributed by atoms with Crippen LogP contribution in [-0.4, -0.2) is 31.6 Å². The molecule has 1 aromatic carbocycles. The van der Waals surface area contributed by atoms with Crippen molar-refractivity contribution in [2.75, 3.05) is 19.7 Å². The Hall–Kier alpha value is -1.55. The number of benzene rings is 1. The van der Waals surface area contributed by atoms with E-state index in [9.17, 15) is 4.79 Å². The molecular formula is C14H18N2O2. The van der Waals surface area contributed by atoms with Crippen LogP contribution in [0.1, 0.15) is 12.0 Å². The minimum Gasteiger partial charge on any atom is -0.491 e.